The van der Waals surface area contributed by atoms with Crippen LogP contribution >= 0.6 is 46.0 Å². The number of carboxylic acids is 1. The molecule has 4 heterocycles. The molecule has 0 spiro atoms. The molecule has 0 aromatic carbocycles. The van der Waals surface area contributed by atoms with E-state index in [0.29, 0.717) is 15.6 Å². The summed E-state index contributed by atoms with van der Waals surface area (Å²) in [4.78, 5) is 51.8. The van der Waals surface area contributed by atoms with Crippen molar-refractivity contribution in [3.05, 3.63) is 44.0 Å². The molecule has 172 valence electrons. The molecule has 1 unspecified atom stereocenters. The van der Waals surface area contributed by atoms with Crippen LogP contribution in [0.3, 0.4) is 0 Å². The van der Waals surface area contributed by atoms with Crippen molar-refractivity contribution in [2.45, 2.75) is 11.4 Å². The van der Waals surface area contributed by atoms with E-state index in [2.05, 4.69) is 20.4 Å². The number of anilines is 1. The van der Waals surface area contributed by atoms with Crippen molar-refractivity contribution in [2.24, 2.45) is 5.16 Å². The molecule has 2 atom stereocenters. The fourth-order valence-corrected chi connectivity index (χ4v) is 5.93. The Labute approximate surface area is 232 Å². The van der Waals surface area contributed by atoms with E-state index in [1.165, 1.54) is 35.6 Å². The first kappa shape index (κ1) is 26.7. The van der Waals surface area contributed by atoms with Crippen LogP contribution in [0.5, 0.6) is 0 Å². The van der Waals surface area contributed by atoms with Crippen LogP contribution in [0.1, 0.15) is 10.6 Å². The number of β-lactam (4-membered cyclic amide) rings is 1. The normalized spacial score (nSPS) is 20.0. The number of fused-ring (bicyclic) bond motifs is 1. The summed E-state index contributed by atoms with van der Waals surface area (Å²) in [5, 5.41) is 19.6. The largest absolute Gasteiger partial charge is 1.00 e. The molecular formula is C18H14ClN6NaO5S3. The summed E-state index contributed by atoms with van der Waals surface area (Å²) >= 11 is 9.68. The number of carbonyl (C=O) groups is 3. The number of aromatic nitrogens is 2. The van der Waals surface area contributed by atoms with Crippen molar-refractivity contribution in [1.82, 2.24) is 20.2 Å². The second kappa shape index (κ2) is 11.2. The van der Waals surface area contributed by atoms with Crippen molar-refractivity contribution in [1.29, 1.82) is 0 Å². The average Bonchev–Trinajstić information content (AvgIpc) is 3.40. The van der Waals surface area contributed by atoms with Crippen molar-refractivity contribution >= 4 is 80.7 Å². The molecule has 2 amide bonds. The van der Waals surface area contributed by atoms with Gasteiger partial charge < -0.3 is 25.8 Å². The Morgan fingerprint density at radius 3 is 2.76 bits per heavy atom. The van der Waals surface area contributed by atoms with Crippen LogP contribution in [-0.2, 0) is 19.2 Å². The van der Waals surface area contributed by atoms with E-state index < -0.39 is 29.2 Å². The molecule has 2 aliphatic rings. The fourth-order valence-electron chi connectivity index (χ4n) is 3.19. The van der Waals surface area contributed by atoms with Gasteiger partial charge in [-0.2, -0.15) is 0 Å². The number of hydrogen-bond donors (Lipinski definition) is 2. The summed E-state index contributed by atoms with van der Waals surface area (Å²) in [5.41, 5.74) is 7.36. The van der Waals surface area contributed by atoms with Gasteiger partial charge in [0.25, 0.3) is 11.8 Å². The first-order valence-corrected chi connectivity index (χ1v) is 12.3. The molecular weight excluding hydrogens is 535 g/mol. The van der Waals surface area contributed by atoms with Crippen LogP contribution in [0.4, 0.5) is 5.13 Å². The van der Waals surface area contributed by atoms with Gasteiger partial charge in [-0.25, -0.2) is 9.97 Å². The second-order valence-corrected chi connectivity index (χ2v) is 9.80. The fraction of sp³-hybridized carbons (Fsp3) is 0.222. The van der Waals surface area contributed by atoms with Crippen LogP contribution in [0, 0.1) is 0 Å². The molecule has 4 rings (SSSR count). The molecule has 0 saturated carbocycles. The summed E-state index contributed by atoms with van der Waals surface area (Å²) in [7, 11) is 1.27. The number of carboxylic acid groups (broad SMARTS) is 1. The number of nitrogens with one attached hydrogen (secondary N) is 1. The van der Waals surface area contributed by atoms with Crippen molar-refractivity contribution in [2.75, 3.05) is 18.6 Å². The Morgan fingerprint density at radius 2 is 2.18 bits per heavy atom. The van der Waals surface area contributed by atoms with Gasteiger partial charge in [0, 0.05) is 11.1 Å². The molecule has 1 fully saturated rings. The standard InChI is InChI=1S/C18H15ClN6O5S3.Na/c1-30-24-10(8-5-32-18(20)22-8)14(26)23-11-15(27)25-12(17(28)29)7(4-31-16(11)25)2-3-9-13(19)21-6-33-9;/h2-3,5-6,11,16H,4H2,1H3,(H2,20,22)(H,23,26)(H,28,29);/q;+1/p-1/t11?,16-;/m0./s1. The van der Waals surface area contributed by atoms with Crippen LogP contribution in [0.2, 0.25) is 5.15 Å². The molecule has 0 aliphatic carbocycles. The number of carbonyl (C=O) groups excluding carboxylic acids is 3. The molecule has 1 saturated heterocycles. The van der Waals surface area contributed by atoms with E-state index in [-0.39, 0.29) is 57.5 Å². The zero-order chi connectivity index (χ0) is 23.7. The van der Waals surface area contributed by atoms with Gasteiger partial charge >= 0.3 is 29.6 Å². The number of thioether (sulfide) groups is 1. The van der Waals surface area contributed by atoms with E-state index in [4.69, 9.17) is 22.2 Å². The topological polar surface area (TPSA) is 163 Å². The van der Waals surface area contributed by atoms with Crippen molar-refractivity contribution < 1.29 is 53.9 Å². The predicted octanol–water partition coefficient (Wildman–Crippen LogP) is -2.69. The number of allylic oxidation sites excluding steroid dienone is 1. The number of hydrogen-bond acceptors (Lipinski definition) is 12. The number of nitrogens with zero attached hydrogens (tertiary/aromatic N) is 4. The minimum absolute atomic E-state index is 0. The van der Waals surface area contributed by atoms with E-state index in [1.807, 2.05) is 0 Å². The Balaban J connectivity index is 0.00000324. The third-order valence-electron chi connectivity index (χ3n) is 4.62. The monoisotopic (exact) mass is 548 g/mol. The average molecular weight is 549 g/mol. The molecule has 2 aromatic heterocycles. The second-order valence-electron chi connectivity index (χ2n) is 6.56. The summed E-state index contributed by atoms with van der Waals surface area (Å²) in [6.07, 6.45) is 3.21. The van der Waals surface area contributed by atoms with Crippen LogP contribution in [0.15, 0.2) is 33.4 Å². The Kier molecular flexibility index (Phi) is 8.78. The van der Waals surface area contributed by atoms with Gasteiger partial charge in [-0.05, 0) is 11.6 Å². The minimum atomic E-state index is -1.49. The third-order valence-corrected chi connectivity index (χ3v) is 7.81. The third kappa shape index (κ3) is 5.17. The zero-order valence-electron chi connectivity index (χ0n) is 17.7. The van der Waals surface area contributed by atoms with E-state index in [1.54, 1.807) is 17.7 Å². The van der Waals surface area contributed by atoms with Gasteiger partial charge in [0.2, 0.25) is 0 Å². The summed E-state index contributed by atoms with van der Waals surface area (Å²) < 4.78 is 0. The van der Waals surface area contributed by atoms with Crippen LogP contribution < -0.4 is 45.7 Å². The first-order valence-electron chi connectivity index (χ1n) is 9.11. The summed E-state index contributed by atoms with van der Waals surface area (Å²) in [5.74, 6) is -2.51. The smallest absolute Gasteiger partial charge is 0.543 e. The maximum absolute atomic E-state index is 12.8. The molecule has 11 nitrogen and oxygen atoms in total. The Morgan fingerprint density at radius 1 is 1.41 bits per heavy atom. The van der Waals surface area contributed by atoms with E-state index in [0.717, 1.165) is 16.2 Å². The number of nitrogen functional groups attached to an aromatic ring is 1. The number of aliphatic carboxylic acids is 1. The van der Waals surface area contributed by atoms with Crippen LogP contribution in [-0.4, -0.2) is 62.6 Å². The number of nitrogens with two attached hydrogens (primary N) is 1. The quantitative estimate of drug-likeness (QED) is 0.162. The van der Waals surface area contributed by atoms with E-state index >= 15 is 0 Å². The molecule has 34 heavy (non-hydrogen) atoms. The number of oxime groups is 1. The van der Waals surface area contributed by atoms with Gasteiger partial charge in [-0.15, -0.1) is 34.4 Å². The maximum Gasteiger partial charge on any atom is 1.00 e. The molecule has 3 N–H and O–H groups in total. The summed E-state index contributed by atoms with van der Waals surface area (Å²) in [6.45, 7) is 0. The van der Waals surface area contributed by atoms with Crippen molar-refractivity contribution in [3.8, 4) is 0 Å². The van der Waals surface area contributed by atoms with Gasteiger partial charge in [-0.3, -0.25) is 14.5 Å². The molecule has 2 aromatic rings. The SMILES string of the molecule is CON=C(C(=O)NC1C(=O)N2C(C(=O)[O-])=C(C=Cc3scnc3Cl)CS[C@@H]12)c1csc(N)n1.[Na+]. The number of rotatable bonds is 7. The first-order chi connectivity index (χ1) is 15.8. The number of amides is 2. The van der Waals surface area contributed by atoms with Gasteiger partial charge in [-0.1, -0.05) is 22.8 Å². The molecule has 0 bridgehead atoms. The van der Waals surface area contributed by atoms with E-state index in [9.17, 15) is 19.5 Å². The number of thiazole rings is 2. The predicted molar refractivity (Wildman–Crippen MR) is 123 cm³/mol. The molecule has 16 heteroatoms. The van der Waals surface area contributed by atoms with Crippen molar-refractivity contribution in [3.63, 3.8) is 0 Å². The van der Waals surface area contributed by atoms with Crippen LogP contribution in [0.25, 0.3) is 6.08 Å². The zero-order valence-corrected chi connectivity index (χ0v) is 22.9. The van der Waals surface area contributed by atoms with Gasteiger partial charge in [0.1, 0.15) is 29.4 Å². The maximum atomic E-state index is 12.8. The Hall–Kier alpha value is -1.94. The summed E-state index contributed by atoms with van der Waals surface area (Å²) in [6, 6.07) is -0.962. The Bertz CT molecular complexity index is 1230. The number of halogens is 1. The van der Waals surface area contributed by atoms with Gasteiger partial charge in [0.05, 0.1) is 22.1 Å². The molecule has 0 radical (unpaired) electrons. The minimum Gasteiger partial charge on any atom is -0.543 e. The van der Waals surface area contributed by atoms with Gasteiger partial charge in [0.15, 0.2) is 10.8 Å². The molecule has 2 aliphatic heterocycles.